The molecule has 148 valence electrons. The topological polar surface area (TPSA) is 56.9 Å². The summed E-state index contributed by atoms with van der Waals surface area (Å²) in [5.41, 5.74) is 3.72. The van der Waals surface area contributed by atoms with Crippen molar-refractivity contribution in [3.05, 3.63) is 53.4 Å². The number of rotatable bonds is 6. The number of hydrogen-bond acceptors (Lipinski definition) is 4. The number of benzene rings is 1. The van der Waals surface area contributed by atoms with Crippen LogP contribution in [-0.4, -0.2) is 60.2 Å². The van der Waals surface area contributed by atoms with Crippen LogP contribution in [0.3, 0.4) is 0 Å². The molecule has 0 saturated carbocycles. The normalized spacial score (nSPS) is 15.5. The molecule has 0 spiro atoms. The maximum Gasteiger partial charge on any atom is 0.194 e. The maximum atomic E-state index is 4.92. The van der Waals surface area contributed by atoms with E-state index in [9.17, 15) is 0 Å². The summed E-state index contributed by atoms with van der Waals surface area (Å²) in [5.74, 6) is 1.03. The predicted molar refractivity (Wildman–Crippen MR) is 120 cm³/mol. The van der Waals surface area contributed by atoms with Gasteiger partial charge in [0.15, 0.2) is 5.96 Å². The van der Waals surface area contributed by atoms with Crippen LogP contribution in [0.15, 0.2) is 46.1 Å². The standard InChI is InChI=1S/C20H29N5O.HI/c1-3-21-20(22-10-8-18-7-5-4-6-17(18)2)25-13-11-24(12-14-25)16-19-9-15-26-23-19;/h4-7,9,15H,3,8,10-14,16H2,1-2H3,(H,21,22);1H. The summed E-state index contributed by atoms with van der Waals surface area (Å²) >= 11 is 0. The molecule has 27 heavy (non-hydrogen) atoms. The van der Waals surface area contributed by atoms with E-state index in [1.165, 1.54) is 11.1 Å². The van der Waals surface area contributed by atoms with Gasteiger partial charge in [0.05, 0.1) is 5.69 Å². The van der Waals surface area contributed by atoms with Gasteiger partial charge in [0.25, 0.3) is 0 Å². The lowest BCUT2D eigenvalue weighted by Crippen LogP contribution is -2.52. The average molecular weight is 483 g/mol. The molecule has 0 radical (unpaired) electrons. The third kappa shape index (κ3) is 6.49. The van der Waals surface area contributed by atoms with Gasteiger partial charge in [0.1, 0.15) is 6.26 Å². The van der Waals surface area contributed by atoms with Crippen LogP contribution in [0.2, 0.25) is 0 Å². The largest absolute Gasteiger partial charge is 0.364 e. The number of piperazine rings is 1. The minimum atomic E-state index is 0. The highest BCUT2D eigenvalue weighted by molar-refractivity contribution is 14.0. The Hall–Kier alpha value is -1.61. The number of guanidine groups is 1. The third-order valence-corrected chi connectivity index (χ3v) is 4.79. The molecule has 1 aliphatic rings. The molecule has 2 heterocycles. The van der Waals surface area contributed by atoms with Crippen LogP contribution in [0.5, 0.6) is 0 Å². The zero-order chi connectivity index (χ0) is 18.2. The van der Waals surface area contributed by atoms with Crippen molar-refractivity contribution in [2.45, 2.75) is 26.8 Å². The smallest absolute Gasteiger partial charge is 0.194 e. The first-order valence-electron chi connectivity index (χ1n) is 9.45. The molecular weight excluding hydrogens is 453 g/mol. The number of aliphatic imine (C=N–C) groups is 1. The van der Waals surface area contributed by atoms with Gasteiger partial charge in [-0.3, -0.25) is 9.89 Å². The van der Waals surface area contributed by atoms with Crippen molar-refractivity contribution in [3.8, 4) is 0 Å². The molecule has 0 aliphatic carbocycles. The summed E-state index contributed by atoms with van der Waals surface area (Å²) in [6, 6.07) is 10.5. The molecule has 2 aromatic rings. The molecule has 0 amide bonds. The second-order valence-corrected chi connectivity index (χ2v) is 6.67. The second kappa shape index (κ2) is 11.3. The Bertz CT molecular complexity index is 696. The summed E-state index contributed by atoms with van der Waals surface area (Å²) in [6.07, 6.45) is 2.61. The highest BCUT2D eigenvalue weighted by Gasteiger charge is 2.20. The Kier molecular flexibility index (Phi) is 9.06. The van der Waals surface area contributed by atoms with Gasteiger partial charge >= 0.3 is 0 Å². The monoisotopic (exact) mass is 483 g/mol. The first-order valence-corrected chi connectivity index (χ1v) is 9.45. The lowest BCUT2D eigenvalue weighted by Gasteiger charge is -2.36. The van der Waals surface area contributed by atoms with E-state index in [-0.39, 0.29) is 24.0 Å². The molecular formula is C20H30IN5O. The van der Waals surface area contributed by atoms with E-state index >= 15 is 0 Å². The Morgan fingerprint density at radius 2 is 1.96 bits per heavy atom. The molecule has 6 nitrogen and oxygen atoms in total. The van der Waals surface area contributed by atoms with E-state index in [4.69, 9.17) is 9.52 Å². The molecule has 1 saturated heterocycles. The highest BCUT2D eigenvalue weighted by atomic mass is 127. The quantitative estimate of drug-likeness (QED) is 0.389. The molecule has 0 atom stereocenters. The molecule has 1 fully saturated rings. The van der Waals surface area contributed by atoms with Gasteiger partial charge in [0.2, 0.25) is 0 Å². The average Bonchev–Trinajstić information content (AvgIpc) is 3.16. The van der Waals surface area contributed by atoms with Crippen molar-refractivity contribution in [1.82, 2.24) is 20.3 Å². The number of aromatic nitrogens is 1. The fourth-order valence-electron chi connectivity index (χ4n) is 3.26. The SMILES string of the molecule is CCNC(=NCCc1ccccc1C)N1CCN(Cc2ccon2)CC1.I. The lowest BCUT2D eigenvalue weighted by molar-refractivity contribution is 0.169. The van der Waals surface area contributed by atoms with Gasteiger partial charge in [-0.2, -0.15) is 0 Å². The van der Waals surface area contributed by atoms with Crippen molar-refractivity contribution in [3.63, 3.8) is 0 Å². The molecule has 7 heteroatoms. The Morgan fingerprint density at radius 3 is 2.63 bits per heavy atom. The van der Waals surface area contributed by atoms with Gasteiger partial charge in [-0.1, -0.05) is 29.4 Å². The first-order chi connectivity index (χ1) is 12.8. The van der Waals surface area contributed by atoms with E-state index in [1.54, 1.807) is 6.26 Å². The van der Waals surface area contributed by atoms with Crippen LogP contribution in [0, 0.1) is 6.92 Å². The van der Waals surface area contributed by atoms with E-state index in [0.717, 1.165) is 63.9 Å². The van der Waals surface area contributed by atoms with Gasteiger partial charge in [-0.15, -0.1) is 24.0 Å². The summed E-state index contributed by atoms with van der Waals surface area (Å²) in [5, 5.41) is 7.45. The van der Waals surface area contributed by atoms with Crippen molar-refractivity contribution in [1.29, 1.82) is 0 Å². The number of nitrogens with one attached hydrogen (secondary N) is 1. The summed E-state index contributed by atoms with van der Waals surface area (Å²) in [6.45, 7) is 10.8. The molecule has 1 aromatic heterocycles. The minimum absolute atomic E-state index is 0. The van der Waals surface area contributed by atoms with Crippen LogP contribution < -0.4 is 5.32 Å². The number of aryl methyl sites for hydroxylation is 1. The van der Waals surface area contributed by atoms with Crippen molar-refractivity contribution in [2.75, 3.05) is 39.3 Å². The van der Waals surface area contributed by atoms with Crippen molar-refractivity contribution < 1.29 is 4.52 Å². The Labute approximate surface area is 179 Å². The van der Waals surface area contributed by atoms with Gasteiger partial charge in [-0.05, 0) is 31.4 Å². The maximum absolute atomic E-state index is 4.92. The Balaban J connectivity index is 0.00000261. The Morgan fingerprint density at radius 1 is 1.19 bits per heavy atom. The predicted octanol–water partition coefficient (Wildman–Crippen LogP) is 2.93. The summed E-state index contributed by atoms with van der Waals surface area (Å²) < 4.78 is 4.92. The summed E-state index contributed by atoms with van der Waals surface area (Å²) in [4.78, 5) is 9.63. The van der Waals surface area contributed by atoms with Crippen LogP contribution >= 0.6 is 24.0 Å². The molecule has 0 unspecified atom stereocenters. The number of nitrogens with zero attached hydrogens (tertiary/aromatic N) is 4. The molecule has 0 bridgehead atoms. The van der Waals surface area contributed by atoms with E-state index in [1.807, 2.05) is 6.07 Å². The zero-order valence-corrected chi connectivity index (χ0v) is 18.6. The fourth-order valence-corrected chi connectivity index (χ4v) is 3.26. The molecule has 3 rings (SSSR count). The molecule has 1 N–H and O–H groups in total. The third-order valence-electron chi connectivity index (χ3n) is 4.79. The zero-order valence-electron chi connectivity index (χ0n) is 16.2. The van der Waals surface area contributed by atoms with E-state index in [0.29, 0.717) is 0 Å². The number of hydrogen-bond donors (Lipinski definition) is 1. The van der Waals surface area contributed by atoms with Crippen molar-refractivity contribution >= 4 is 29.9 Å². The molecule has 1 aromatic carbocycles. The van der Waals surface area contributed by atoms with Crippen LogP contribution in [0.1, 0.15) is 23.7 Å². The summed E-state index contributed by atoms with van der Waals surface area (Å²) in [7, 11) is 0. The lowest BCUT2D eigenvalue weighted by atomic mass is 10.1. The van der Waals surface area contributed by atoms with Gasteiger partial charge in [0, 0.05) is 51.9 Å². The molecule has 1 aliphatic heterocycles. The van der Waals surface area contributed by atoms with Crippen LogP contribution in [0.4, 0.5) is 0 Å². The number of halogens is 1. The van der Waals surface area contributed by atoms with E-state index < -0.39 is 0 Å². The first kappa shape index (κ1) is 21.7. The van der Waals surface area contributed by atoms with E-state index in [2.05, 4.69) is 58.4 Å². The van der Waals surface area contributed by atoms with Crippen LogP contribution in [-0.2, 0) is 13.0 Å². The van der Waals surface area contributed by atoms with Crippen molar-refractivity contribution in [2.24, 2.45) is 4.99 Å². The minimum Gasteiger partial charge on any atom is -0.364 e. The fraction of sp³-hybridized carbons (Fsp3) is 0.500. The van der Waals surface area contributed by atoms with Gasteiger partial charge in [-0.25, -0.2) is 0 Å². The van der Waals surface area contributed by atoms with Crippen LogP contribution in [0.25, 0.3) is 0 Å². The van der Waals surface area contributed by atoms with Gasteiger partial charge < -0.3 is 14.7 Å². The second-order valence-electron chi connectivity index (χ2n) is 6.67. The highest BCUT2D eigenvalue weighted by Crippen LogP contribution is 2.09.